The predicted octanol–water partition coefficient (Wildman–Crippen LogP) is 4.80. The van der Waals surface area contributed by atoms with Crippen molar-refractivity contribution in [2.75, 3.05) is 0 Å². The maximum Gasteiger partial charge on any atom is 0.195 e. The van der Waals surface area contributed by atoms with Crippen molar-refractivity contribution < 1.29 is 9.59 Å². The highest BCUT2D eigenvalue weighted by atomic mass is 35.5. The lowest BCUT2D eigenvalue weighted by Gasteiger charge is -2.09. The van der Waals surface area contributed by atoms with Gasteiger partial charge in [-0.15, -0.1) is 0 Å². The Morgan fingerprint density at radius 2 is 1.04 bits per heavy atom. The molecular formula is C20H13ClO2. The summed E-state index contributed by atoms with van der Waals surface area (Å²) in [6, 6.07) is 22.6. The highest BCUT2D eigenvalue weighted by Gasteiger charge is 2.20. The molecule has 3 rings (SSSR count). The van der Waals surface area contributed by atoms with Crippen molar-refractivity contribution in [2.45, 2.75) is 0 Å². The number of benzene rings is 3. The second kappa shape index (κ2) is 6.59. The molecule has 0 aliphatic carbocycles. The Bertz CT molecular complexity index is 870. The Labute approximate surface area is 139 Å². The molecule has 0 N–H and O–H groups in total. The molecule has 0 fully saturated rings. The average molecular weight is 321 g/mol. The number of rotatable bonds is 4. The van der Waals surface area contributed by atoms with E-state index in [-0.39, 0.29) is 11.6 Å². The first-order valence-electron chi connectivity index (χ1n) is 7.16. The Morgan fingerprint density at radius 1 is 0.565 bits per heavy atom. The molecule has 0 aliphatic rings. The average Bonchev–Trinajstić information content (AvgIpc) is 2.62. The van der Waals surface area contributed by atoms with Gasteiger partial charge < -0.3 is 0 Å². The molecule has 0 amide bonds. The van der Waals surface area contributed by atoms with Crippen molar-refractivity contribution in [3.63, 3.8) is 0 Å². The molecule has 2 nitrogen and oxygen atoms in total. The van der Waals surface area contributed by atoms with E-state index in [1.165, 1.54) is 0 Å². The van der Waals surface area contributed by atoms with Crippen LogP contribution in [0.4, 0.5) is 0 Å². The minimum Gasteiger partial charge on any atom is -0.289 e. The van der Waals surface area contributed by atoms with Gasteiger partial charge in [-0.05, 0) is 12.1 Å². The van der Waals surface area contributed by atoms with Crippen molar-refractivity contribution >= 4 is 23.2 Å². The van der Waals surface area contributed by atoms with Gasteiger partial charge in [0.15, 0.2) is 11.6 Å². The summed E-state index contributed by atoms with van der Waals surface area (Å²) in [5.74, 6) is -0.433. The first-order chi connectivity index (χ1) is 11.2. The smallest absolute Gasteiger partial charge is 0.195 e. The summed E-state index contributed by atoms with van der Waals surface area (Å²) in [5, 5.41) is 0.375. The van der Waals surface area contributed by atoms with Crippen molar-refractivity contribution in [1.29, 1.82) is 0 Å². The van der Waals surface area contributed by atoms with Crippen LogP contribution in [0.3, 0.4) is 0 Å². The molecule has 3 heteroatoms. The van der Waals surface area contributed by atoms with E-state index >= 15 is 0 Å². The molecular weight excluding hydrogens is 308 g/mol. The van der Waals surface area contributed by atoms with Gasteiger partial charge in [-0.3, -0.25) is 9.59 Å². The zero-order valence-corrected chi connectivity index (χ0v) is 13.0. The number of halogens is 1. The largest absolute Gasteiger partial charge is 0.289 e. The number of hydrogen-bond donors (Lipinski definition) is 0. The summed E-state index contributed by atoms with van der Waals surface area (Å²) < 4.78 is 0. The van der Waals surface area contributed by atoms with Crippen LogP contribution < -0.4 is 0 Å². The quantitative estimate of drug-likeness (QED) is 0.647. The summed E-state index contributed by atoms with van der Waals surface area (Å²) in [6.45, 7) is 0. The first-order valence-corrected chi connectivity index (χ1v) is 7.54. The second-order valence-electron chi connectivity index (χ2n) is 5.05. The maximum atomic E-state index is 12.8. The molecule has 3 aromatic rings. The summed E-state index contributed by atoms with van der Waals surface area (Å²) in [6.07, 6.45) is 0. The molecule has 23 heavy (non-hydrogen) atoms. The fourth-order valence-electron chi connectivity index (χ4n) is 2.41. The summed E-state index contributed by atoms with van der Waals surface area (Å²) in [7, 11) is 0. The van der Waals surface area contributed by atoms with Crippen LogP contribution in [0.1, 0.15) is 31.8 Å². The molecule has 0 spiro atoms. The third-order valence-corrected chi connectivity index (χ3v) is 3.90. The van der Waals surface area contributed by atoms with Gasteiger partial charge in [0.1, 0.15) is 0 Å². The minimum absolute atomic E-state index is 0.179. The van der Waals surface area contributed by atoms with Gasteiger partial charge in [-0.2, -0.15) is 0 Å². The number of carbonyl (C=O) groups is 2. The number of ketones is 2. The van der Waals surface area contributed by atoms with Crippen molar-refractivity contribution in [1.82, 2.24) is 0 Å². The van der Waals surface area contributed by atoms with Gasteiger partial charge in [-0.25, -0.2) is 0 Å². The molecule has 0 unspecified atom stereocenters. The molecule has 0 heterocycles. The highest BCUT2D eigenvalue weighted by Crippen LogP contribution is 2.22. The first kappa shape index (κ1) is 15.2. The molecule has 112 valence electrons. The Balaban J connectivity index is 2.07. The third kappa shape index (κ3) is 3.08. The Hall–Kier alpha value is -2.71. The topological polar surface area (TPSA) is 34.1 Å². The normalized spacial score (nSPS) is 10.3. The zero-order chi connectivity index (χ0) is 16.2. The van der Waals surface area contributed by atoms with Crippen LogP contribution in [0.25, 0.3) is 0 Å². The standard InChI is InChI=1S/C20H13ClO2/c21-18-13-7-6-12-17(18)20(23)16-11-5-4-10-15(16)19(22)14-8-2-1-3-9-14/h1-13H. The minimum atomic E-state index is -0.254. The van der Waals surface area contributed by atoms with Crippen LogP contribution in [0.5, 0.6) is 0 Å². The van der Waals surface area contributed by atoms with E-state index in [9.17, 15) is 9.59 Å². The van der Waals surface area contributed by atoms with E-state index in [2.05, 4.69) is 0 Å². The summed E-state index contributed by atoms with van der Waals surface area (Å²) in [4.78, 5) is 25.5. The summed E-state index contributed by atoms with van der Waals surface area (Å²) >= 11 is 6.11. The van der Waals surface area contributed by atoms with Crippen LogP contribution in [-0.2, 0) is 0 Å². The third-order valence-electron chi connectivity index (χ3n) is 3.57. The SMILES string of the molecule is O=C(c1ccccc1)c1ccccc1C(=O)c1ccccc1Cl. The Morgan fingerprint density at radius 3 is 1.65 bits per heavy atom. The van der Waals surface area contributed by atoms with Crippen molar-refractivity contribution in [2.24, 2.45) is 0 Å². The van der Waals surface area contributed by atoms with E-state index in [1.807, 2.05) is 6.07 Å². The monoisotopic (exact) mass is 320 g/mol. The van der Waals surface area contributed by atoms with Crippen molar-refractivity contribution in [3.05, 3.63) is 106 Å². The molecule has 0 aliphatic heterocycles. The lowest BCUT2D eigenvalue weighted by Crippen LogP contribution is -2.11. The van der Waals surface area contributed by atoms with Crippen LogP contribution in [-0.4, -0.2) is 11.6 Å². The van der Waals surface area contributed by atoms with E-state index in [4.69, 9.17) is 11.6 Å². The molecule has 0 atom stereocenters. The van der Waals surface area contributed by atoms with Crippen LogP contribution in [0.15, 0.2) is 78.9 Å². The van der Waals surface area contributed by atoms with Crippen LogP contribution in [0, 0.1) is 0 Å². The molecule has 0 saturated heterocycles. The van der Waals surface area contributed by atoms with E-state index in [0.717, 1.165) is 0 Å². The van der Waals surface area contributed by atoms with E-state index in [1.54, 1.807) is 72.8 Å². The molecule has 0 aromatic heterocycles. The lowest BCUT2D eigenvalue weighted by atomic mass is 9.93. The van der Waals surface area contributed by atoms with E-state index < -0.39 is 0 Å². The van der Waals surface area contributed by atoms with Gasteiger partial charge in [0.2, 0.25) is 0 Å². The molecule has 0 radical (unpaired) electrons. The second-order valence-corrected chi connectivity index (χ2v) is 5.46. The number of hydrogen-bond acceptors (Lipinski definition) is 2. The molecule has 0 saturated carbocycles. The highest BCUT2D eigenvalue weighted by molar-refractivity contribution is 6.35. The van der Waals surface area contributed by atoms with Gasteiger partial charge in [0.05, 0.1) is 5.02 Å². The fourth-order valence-corrected chi connectivity index (χ4v) is 2.64. The van der Waals surface area contributed by atoms with Gasteiger partial charge in [0.25, 0.3) is 0 Å². The number of carbonyl (C=O) groups excluding carboxylic acids is 2. The predicted molar refractivity (Wildman–Crippen MR) is 91.2 cm³/mol. The van der Waals surface area contributed by atoms with E-state index in [0.29, 0.717) is 27.3 Å². The molecule has 3 aromatic carbocycles. The zero-order valence-electron chi connectivity index (χ0n) is 12.2. The van der Waals surface area contributed by atoms with Crippen LogP contribution in [0.2, 0.25) is 5.02 Å². The van der Waals surface area contributed by atoms with Gasteiger partial charge in [0, 0.05) is 22.3 Å². The summed E-state index contributed by atoms with van der Waals surface area (Å²) in [5.41, 5.74) is 1.67. The maximum absolute atomic E-state index is 12.8. The van der Waals surface area contributed by atoms with Crippen LogP contribution >= 0.6 is 11.6 Å². The fraction of sp³-hybridized carbons (Fsp3) is 0. The van der Waals surface area contributed by atoms with Gasteiger partial charge >= 0.3 is 0 Å². The lowest BCUT2D eigenvalue weighted by molar-refractivity contribution is 0.100. The van der Waals surface area contributed by atoms with Crippen molar-refractivity contribution in [3.8, 4) is 0 Å². The van der Waals surface area contributed by atoms with Gasteiger partial charge in [-0.1, -0.05) is 78.3 Å². The molecule has 0 bridgehead atoms. The Kier molecular flexibility index (Phi) is 4.35.